The number of likely N-dealkylation sites (N-methyl/N-ethyl adjacent to an activating group) is 1. The summed E-state index contributed by atoms with van der Waals surface area (Å²) in [5.41, 5.74) is 4.37. The third-order valence-electron chi connectivity index (χ3n) is 5.31. The van der Waals surface area contributed by atoms with Crippen molar-refractivity contribution >= 4 is 17.5 Å². The Hall–Kier alpha value is -1.88. The van der Waals surface area contributed by atoms with E-state index in [2.05, 4.69) is 24.4 Å². The number of anilines is 1. The van der Waals surface area contributed by atoms with Gasteiger partial charge in [0.2, 0.25) is 11.8 Å². The number of aryl methyl sites for hydroxylation is 3. The zero-order valence-electron chi connectivity index (χ0n) is 15.1. The number of rotatable bonds is 3. The summed E-state index contributed by atoms with van der Waals surface area (Å²) >= 11 is 0. The lowest BCUT2D eigenvalue weighted by Gasteiger charge is -2.27. The number of carbonyl (C=O) groups excluding carboxylic acids is 2. The first kappa shape index (κ1) is 17.0. The highest BCUT2D eigenvalue weighted by Gasteiger charge is 2.39. The molecule has 0 aliphatic carbocycles. The van der Waals surface area contributed by atoms with Crippen LogP contribution in [0.2, 0.25) is 0 Å². The Morgan fingerprint density at radius 2 is 1.92 bits per heavy atom. The highest BCUT2D eigenvalue weighted by molar-refractivity contribution is 6.01. The van der Waals surface area contributed by atoms with Gasteiger partial charge in [0.05, 0.1) is 5.92 Å². The minimum atomic E-state index is -0.233. The van der Waals surface area contributed by atoms with Crippen LogP contribution in [0.1, 0.15) is 29.5 Å². The highest BCUT2D eigenvalue weighted by atomic mass is 16.2. The van der Waals surface area contributed by atoms with Crippen molar-refractivity contribution in [3.05, 3.63) is 28.8 Å². The molecule has 0 unspecified atom stereocenters. The van der Waals surface area contributed by atoms with E-state index in [1.807, 2.05) is 30.7 Å². The number of benzene rings is 1. The average Bonchev–Trinajstić information content (AvgIpc) is 3.15. The molecule has 0 aromatic heterocycles. The Morgan fingerprint density at radius 1 is 1.25 bits per heavy atom. The molecule has 130 valence electrons. The molecule has 2 fully saturated rings. The van der Waals surface area contributed by atoms with Crippen molar-refractivity contribution in [1.82, 2.24) is 10.2 Å². The van der Waals surface area contributed by atoms with Gasteiger partial charge in [-0.2, -0.15) is 0 Å². The van der Waals surface area contributed by atoms with E-state index in [1.165, 1.54) is 5.56 Å². The lowest BCUT2D eigenvalue weighted by molar-refractivity contribution is -0.136. The molecule has 0 spiro atoms. The quantitative estimate of drug-likeness (QED) is 0.920. The van der Waals surface area contributed by atoms with Gasteiger partial charge in [-0.25, -0.2) is 0 Å². The average molecular weight is 329 g/mol. The van der Waals surface area contributed by atoms with Gasteiger partial charge in [0, 0.05) is 38.3 Å². The first-order valence-electron chi connectivity index (χ1n) is 8.74. The SMILES string of the molecule is Cc1cc(C)c(N2C[C@H](C(=O)N(C)[C@@H]3CCNC3)CC2=O)c(C)c1. The van der Waals surface area contributed by atoms with E-state index in [4.69, 9.17) is 0 Å². The van der Waals surface area contributed by atoms with Crippen LogP contribution in [0.25, 0.3) is 0 Å². The van der Waals surface area contributed by atoms with Crippen molar-refractivity contribution in [2.45, 2.75) is 39.7 Å². The number of carbonyl (C=O) groups is 2. The van der Waals surface area contributed by atoms with Crippen LogP contribution in [0.15, 0.2) is 12.1 Å². The zero-order chi connectivity index (χ0) is 17.4. The van der Waals surface area contributed by atoms with Crippen molar-refractivity contribution < 1.29 is 9.59 Å². The standard InChI is InChI=1S/C19H27N3O2/c1-12-7-13(2)18(14(3)8-12)22-11-15(9-17(22)23)19(24)21(4)16-5-6-20-10-16/h7-8,15-16,20H,5-6,9-11H2,1-4H3/t15-,16-/m1/s1. The van der Waals surface area contributed by atoms with Gasteiger partial charge in [-0.15, -0.1) is 0 Å². The first-order valence-corrected chi connectivity index (χ1v) is 8.74. The van der Waals surface area contributed by atoms with E-state index in [0.29, 0.717) is 13.0 Å². The molecule has 2 aliphatic rings. The molecule has 0 bridgehead atoms. The van der Waals surface area contributed by atoms with Gasteiger partial charge in [-0.3, -0.25) is 9.59 Å². The van der Waals surface area contributed by atoms with Gasteiger partial charge >= 0.3 is 0 Å². The van der Waals surface area contributed by atoms with Crippen LogP contribution in [0.5, 0.6) is 0 Å². The minimum Gasteiger partial charge on any atom is -0.341 e. The topological polar surface area (TPSA) is 52.7 Å². The second-order valence-corrected chi connectivity index (χ2v) is 7.25. The van der Waals surface area contributed by atoms with Crippen molar-refractivity contribution in [1.29, 1.82) is 0 Å². The van der Waals surface area contributed by atoms with E-state index in [-0.39, 0.29) is 23.8 Å². The Bertz CT molecular complexity index is 642. The monoisotopic (exact) mass is 329 g/mol. The van der Waals surface area contributed by atoms with Crippen molar-refractivity contribution in [3.63, 3.8) is 0 Å². The molecule has 5 heteroatoms. The van der Waals surface area contributed by atoms with E-state index >= 15 is 0 Å². The maximum atomic E-state index is 12.8. The third-order valence-corrected chi connectivity index (χ3v) is 5.31. The maximum absolute atomic E-state index is 12.8. The van der Waals surface area contributed by atoms with Gasteiger partial charge < -0.3 is 15.1 Å². The smallest absolute Gasteiger partial charge is 0.228 e. The molecule has 0 saturated carbocycles. The zero-order valence-corrected chi connectivity index (χ0v) is 15.1. The molecule has 5 nitrogen and oxygen atoms in total. The van der Waals surface area contributed by atoms with Gasteiger partial charge in [-0.1, -0.05) is 17.7 Å². The van der Waals surface area contributed by atoms with E-state index < -0.39 is 0 Å². The summed E-state index contributed by atoms with van der Waals surface area (Å²) < 4.78 is 0. The minimum absolute atomic E-state index is 0.0568. The van der Waals surface area contributed by atoms with Crippen LogP contribution in [-0.2, 0) is 9.59 Å². The van der Waals surface area contributed by atoms with Crippen LogP contribution >= 0.6 is 0 Å². The number of nitrogens with one attached hydrogen (secondary N) is 1. The first-order chi connectivity index (χ1) is 11.4. The third kappa shape index (κ3) is 3.05. The van der Waals surface area contributed by atoms with Gasteiger partial charge in [-0.05, 0) is 44.9 Å². The Balaban J connectivity index is 1.77. The lowest BCUT2D eigenvalue weighted by atomic mass is 10.0. The fourth-order valence-corrected chi connectivity index (χ4v) is 4.13. The summed E-state index contributed by atoms with van der Waals surface area (Å²) in [6.45, 7) is 8.43. The van der Waals surface area contributed by atoms with Gasteiger partial charge in [0.1, 0.15) is 0 Å². The van der Waals surface area contributed by atoms with Crippen LogP contribution in [0.4, 0.5) is 5.69 Å². The molecule has 3 rings (SSSR count). The van der Waals surface area contributed by atoms with E-state index in [0.717, 1.165) is 36.3 Å². The van der Waals surface area contributed by atoms with Crippen LogP contribution in [-0.4, -0.2) is 49.4 Å². The second-order valence-electron chi connectivity index (χ2n) is 7.25. The Kier molecular flexibility index (Phi) is 4.63. The maximum Gasteiger partial charge on any atom is 0.228 e. The second kappa shape index (κ2) is 6.55. The molecule has 2 atom stereocenters. The van der Waals surface area contributed by atoms with E-state index in [9.17, 15) is 9.59 Å². The van der Waals surface area contributed by atoms with Crippen molar-refractivity contribution in [3.8, 4) is 0 Å². The van der Waals surface area contributed by atoms with Crippen molar-refractivity contribution in [2.75, 3.05) is 31.6 Å². The molecule has 24 heavy (non-hydrogen) atoms. The largest absolute Gasteiger partial charge is 0.341 e. The molecular formula is C19H27N3O2. The molecular weight excluding hydrogens is 302 g/mol. The normalized spacial score (nSPS) is 23.8. The van der Waals surface area contributed by atoms with E-state index in [1.54, 1.807) is 0 Å². The summed E-state index contributed by atoms with van der Waals surface area (Å²) in [7, 11) is 1.87. The summed E-state index contributed by atoms with van der Waals surface area (Å²) in [6.07, 6.45) is 1.30. The number of nitrogens with zero attached hydrogens (tertiary/aromatic N) is 2. The molecule has 1 aromatic carbocycles. The summed E-state index contributed by atoms with van der Waals surface area (Å²) in [5, 5.41) is 3.29. The predicted octanol–water partition coefficient (Wildman–Crippen LogP) is 1.79. The summed E-state index contributed by atoms with van der Waals surface area (Å²) in [5.74, 6) is -0.0773. The summed E-state index contributed by atoms with van der Waals surface area (Å²) in [4.78, 5) is 29.0. The molecule has 2 heterocycles. The van der Waals surface area contributed by atoms with Crippen LogP contribution in [0.3, 0.4) is 0 Å². The molecule has 2 aliphatic heterocycles. The molecule has 0 radical (unpaired) electrons. The Morgan fingerprint density at radius 3 is 2.50 bits per heavy atom. The fourth-order valence-electron chi connectivity index (χ4n) is 4.13. The molecule has 1 aromatic rings. The highest BCUT2D eigenvalue weighted by Crippen LogP contribution is 2.32. The molecule has 2 saturated heterocycles. The number of hydrogen-bond acceptors (Lipinski definition) is 3. The van der Waals surface area contributed by atoms with Crippen molar-refractivity contribution in [2.24, 2.45) is 5.92 Å². The van der Waals surface area contributed by atoms with Gasteiger partial charge in [0.15, 0.2) is 0 Å². The van der Waals surface area contributed by atoms with Crippen LogP contribution < -0.4 is 10.2 Å². The molecule has 1 N–H and O–H groups in total. The summed E-state index contributed by atoms with van der Waals surface area (Å²) in [6, 6.07) is 4.45. The number of amides is 2. The molecule has 2 amide bonds. The fraction of sp³-hybridized carbons (Fsp3) is 0.579. The Labute approximate surface area is 144 Å². The lowest BCUT2D eigenvalue weighted by Crippen LogP contribution is -2.42. The van der Waals surface area contributed by atoms with Gasteiger partial charge in [0.25, 0.3) is 0 Å². The number of hydrogen-bond donors (Lipinski definition) is 1. The predicted molar refractivity (Wildman–Crippen MR) is 95.2 cm³/mol. The van der Waals surface area contributed by atoms with Crippen LogP contribution in [0, 0.1) is 26.7 Å².